The van der Waals surface area contributed by atoms with Crippen molar-refractivity contribution < 1.29 is 19.4 Å². The molecule has 0 bridgehead atoms. The van der Waals surface area contributed by atoms with Gasteiger partial charge in [0.25, 0.3) is 0 Å². The summed E-state index contributed by atoms with van der Waals surface area (Å²) in [6, 6.07) is 0. The van der Waals surface area contributed by atoms with Gasteiger partial charge in [-0.2, -0.15) is 0 Å². The first kappa shape index (κ1) is 12.3. The van der Waals surface area contributed by atoms with Crippen molar-refractivity contribution >= 4 is 12.1 Å². The molecule has 78 valence electrons. The fourth-order valence-corrected chi connectivity index (χ4v) is 0.666. The second kappa shape index (κ2) is 6.78. The summed E-state index contributed by atoms with van der Waals surface area (Å²) in [6.07, 6.45) is 4.17. The number of amides is 1. The van der Waals surface area contributed by atoms with Crippen LogP contribution in [0.4, 0.5) is 4.79 Å². The first-order chi connectivity index (χ1) is 6.56. The fraction of sp³-hybridized carbons (Fsp3) is 0.556. The predicted molar refractivity (Wildman–Crippen MR) is 49.6 cm³/mol. The van der Waals surface area contributed by atoms with Crippen LogP contribution in [0.25, 0.3) is 0 Å². The van der Waals surface area contributed by atoms with E-state index in [-0.39, 0.29) is 13.0 Å². The first-order valence-electron chi connectivity index (χ1n) is 4.18. The van der Waals surface area contributed by atoms with E-state index in [9.17, 15) is 9.59 Å². The van der Waals surface area contributed by atoms with Crippen LogP contribution in [0.15, 0.2) is 0 Å². The summed E-state index contributed by atoms with van der Waals surface area (Å²) < 4.78 is 4.67. The highest BCUT2D eigenvalue weighted by atomic mass is 16.6. The lowest BCUT2D eigenvalue weighted by Crippen LogP contribution is -2.28. The van der Waals surface area contributed by atoms with Crippen LogP contribution >= 0.6 is 0 Å². The summed E-state index contributed by atoms with van der Waals surface area (Å²) in [5, 5.41) is 10.7. The predicted octanol–water partition coefficient (Wildman–Crippen LogP) is 0.599. The maximum atomic E-state index is 10.9. The van der Waals surface area contributed by atoms with E-state index in [1.807, 2.05) is 0 Å². The molecule has 1 atom stereocenters. The van der Waals surface area contributed by atoms with Gasteiger partial charge in [0.1, 0.15) is 0 Å². The van der Waals surface area contributed by atoms with Crippen LogP contribution in [0, 0.1) is 12.3 Å². The summed E-state index contributed by atoms with van der Waals surface area (Å²) in [7, 11) is 0. The van der Waals surface area contributed by atoms with E-state index >= 15 is 0 Å². The van der Waals surface area contributed by atoms with Crippen LogP contribution in [0.5, 0.6) is 0 Å². The molecule has 0 spiro atoms. The van der Waals surface area contributed by atoms with Crippen molar-refractivity contribution in [1.29, 1.82) is 0 Å². The van der Waals surface area contributed by atoms with Gasteiger partial charge in [0.05, 0.1) is 0 Å². The minimum absolute atomic E-state index is 0.0188. The molecule has 14 heavy (non-hydrogen) atoms. The van der Waals surface area contributed by atoms with Crippen molar-refractivity contribution in [3.8, 4) is 12.3 Å². The van der Waals surface area contributed by atoms with Gasteiger partial charge in [0, 0.05) is 13.0 Å². The molecule has 0 aromatic carbocycles. The highest BCUT2D eigenvalue weighted by Gasteiger charge is 2.05. The number of carbonyl (C=O) groups is 2. The molecule has 0 saturated carbocycles. The molecule has 0 fully saturated rings. The lowest BCUT2D eigenvalue weighted by molar-refractivity contribution is -0.137. The summed E-state index contributed by atoms with van der Waals surface area (Å²) in [4.78, 5) is 21.0. The van der Waals surface area contributed by atoms with Gasteiger partial charge in [-0.1, -0.05) is 5.92 Å². The number of rotatable bonds is 5. The molecular formula is C9H13NO4. The summed E-state index contributed by atoms with van der Waals surface area (Å²) >= 11 is 0. The zero-order valence-corrected chi connectivity index (χ0v) is 7.95. The van der Waals surface area contributed by atoms with E-state index in [1.54, 1.807) is 6.92 Å². The standard InChI is InChI=1S/C9H13NO4/c1-3-7(2)14-9(13)10-6-4-5-8(11)12/h1,7H,4-6H2,2H3,(H,10,13)(H,11,12). The molecule has 5 heteroatoms. The Hall–Kier alpha value is -1.70. The lowest BCUT2D eigenvalue weighted by Gasteiger charge is -2.07. The molecule has 1 unspecified atom stereocenters. The number of ether oxygens (including phenoxy) is 1. The number of nitrogens with one attached hydrogen (secondary N) is 1. The number of aliphatic carboxylic acids is 1. The van der Waals surface area contributed by atoms with Crippen molar-refractivity contribution in [3.05, 3.63) is 0 Å². The van der Waals surface area contributed by atoms with Crippen LogP contribution in [0.2, 0.25) is 0 Å². The highest BCUT2D eigenvalue weighted by molar-refractivity contribution is 5.68. The molecule has 1 amide bonds. The quantitative estimate of drug-likeness (QED) is 0.502. The van der Waals surface area contributed by atoms with E-state index in [0.717, 1.165) is 0 Å². The van der Waals surface area contributed by atoms with Gasteiger partial charge in [-0.05, 0) is 13.3 Å². The monoisotopic (exact) mass is 199 g/mol. The topological polar surface area (TPSA) is 75.6 Å². The maximum absolute atomic E-state index is 10.9. The highest BCUT2D eigenvalue weighted by Crippen LogP contribution is 1.90. The Bertz CT molecular complexity index is 244. The number of hydrogen-bond acceptors (Lipinski definition) is 3. The van der Waals surface area contributed by atoms with Crippen LogP contribution < -0.4 is 5.32 Å². The molecule has 0 aliphatic rings. The van der Waals surface area contributed by atoms with Gasteiger partial charge in [-0.25, -0.2) is 4.79 Å². The summed E-state index contributed by atoms with van der Waals surface area (Å²) in [6.45, 7) is 1.83. The Balaban J connectivity index is 3.46. The largest absolute Gasteiger partial charge is 0.481 e. The molecule has 0 aliphatic heterocycles. The van der Waals surface area contributed by atoms with Crippen molar-refractivity contribution in [1.82, 2.24) is 5.32 Å². The summed E-state index contributed by atoms with van der Waals surface area (Å²) in [5.74, 6) is 1.34. The van der Waals surface area contributed by atoms with Crippen molar-refractivity contribution in [2.45, 2.75) is 25.9 Å². The summed E-state index contributed by atoms with van der Waals surface area (Å²) in [5.41, 5.74) is 0. The van der Waals surface area contributed by atoms with E-state index in [1.165, 1.54) is 0 Å². The molecule has 0 aromatic rings. The van der Waals surface area contributed by atoms with Gasteiger partial charge in [-0.15, -0.1) is 6.42 Å². The molecule has 0 heterocycles. The maximum Gasteiger partial charge on any atom is 0.408 e. The molecule has 0 aliphatic carbocycles. The van der Waals surface area contributed by atoms with Gasteiger partial charge in [0.15, 0.2) is 6.10 Å². The average molecular weight is 199 g/mol. The van der Waals surface area contributed by atoms with E-state index in [4.69, 9.17) is 11.5 Å². The molecule has 0 rings (SSSR count). The van der Waals surface area contributed by atoms with Gasteiger partial charge >= 0.3 is 12.1 Å². The SMILES string of the molecule is C#CC(C)OC(=O)NCCCC(=O)O. The molecule has 0 aromatic heterocycles. The average Bonchev–Trinajstić information content (AvgIpc) is 2.12. The van der Waals surface area contributed by atoms with Crippen molar-refractivity contribution in [2.24, 2.45) is 0 Å². The molecule has 0 radical (unpaired) electrons. The van der Waals surface area contributed by atoms with Crippen molar-refractivity contribution in [3.63, 3.8) is 0 Å². The third-order valence-corrected chi connectivity index (χ3v) is 1.36. The Morgan fingerprint density at radius 2 is 2.29 bits per heavy atom. The van der Waals surface area contributed by atoms with Crippen LogP contribution in [0.1, 0.15) is 19.8 Å². The molecule has 2 N–H and O–H groups in total. The number of carboxylic acid groups (broad SMARTS) is 1. The van der Waals surface area contributed by atoms with E-state index in [2.05, 4.69) is 16.0 Å². The van der Waals surface area contributed by atoms with Crippen LogP contribution in [0.3, 0.4) is 0 Å². The third kappa shape index (κ3) is 6.98. The van der Waals surface area contributed by atoms with Crippen LogP contribution in [-0.2, 0) is 9.53 Å². The normalized spacial score (nSPS) is 11.1. The Morgan fingerprint density at radius 1 is 1.64 bits per heavy atom. The Labute approximate surface area is 82.4 Å². The molecular weight excluding hydrogens is 186 g/mol. The zero-order chi connectivity index (χ0) is 11.0. The second-order valence-electron chi connectivity index (χ2n) is 2.64. The van der Waals surface area contributed by atoms with Gasteiger partial charge < -0.3 is 15.2 Å². The number of carboxylic acids is 1. The van der Waals surface area contributed by atoms with E-state index in [0.29, 0.717) is 6.42 Å². The number of alkyl carbamates (subject to hydrolysis) is 1. The minimum atomic E-state index is -0.892. The number of hydrogen-bond donors (Lipinski definition) is 2. The lowest BCUT2D eigenvalue weighted by atomic mass is 10.3. The zero-order valence-electron chi connectivity index (χ0n) is 7.95. The minimum Gasteiger partial charge on any atom is -0.481 e. The van der Waals surface area contributed by atoms with E-state index < -0.39 is 18.2 Å². The smallest absolute Gasteiger partial charge is 0.408 e. The van der Waals surface area contributed by atoms with Crippen LogP contribution in [-0.4, -0.2) is 29.8 Å². The molecule has 5 nitrogen and oxygen atoms in total. The molecule has 0 saturated heterocycles. The third-order valence-electron chi connectivity index (χ3n) is 1.36. The van der Waals surface area contributed by atoms with Crippen molar-refractivity contribution in [2.75, 3.05) is 6.54 Å². The first-order valence-corrected chi connectivity index (χ1v) is 4.18. The number of carbonyl (C=O) groups excluding carboxylic acids is 1. The van der Waals surface area contributed by atoms with Gasteiger partial charge in [-0.3, -0.25) is 4.79 Å². The van der Waals surface area contributed by atoms with Gasteiger partial charge in [0.2, 0.25) is 0 Å². The number of terminal acetylenes is 1. The fourth-order valence-electron chi connectivity index (χ4n) is 0.666. The Kier molecular flexibility index (Phi) is 5.95. The second-order valence-corrected chi connectivity index (χ2v) is 2.64. The Morgan fingerprint density at radius 3 is 2.79 bits per heavy atom.